The molecule has 0 saturated heterocycles. The molecular formula is C18H24N2O3S. The zero-order valence-corrected chi connectivity index (χ0v) is 15.1. The van der Waals surface area contributed by atoms with Gasteiger partial charge in [0.2, 0.25) is 0 Å². The summed E-state index contributed by atoms with van der Waals surface area (Å²) in [7, 11) is 0. The Labute approximate surface area is 145 Å². The van der Waals surface area contributed by atoms with Gasteiger partial charge < -0.3 is 4.74 Å². The van der Waals surface area contributed by atoms with E-state index in [0.29, 0.717) is 11.8 Å². The van der Waals surface area contributed by atoms with Crippen molar-refractivity contribution in [3.8, 4) is 0 Å². The van der Waals surface area contributed by atoms with Crippen molar-refractivity contribution in [3.05, 3.63) is 27.6 Å². The summed E-state index contributed by atoms with van der Waals surface area (Å²) in [5, 5.41) is 0.600. The van der Waals surface area contributed by atoms with Crippen molar-refractivity contribution < 1.29 is 9.53 Å². The molecule has 1 fully saturated rings. The van der Waals surface area contributed by atoms with Gasteiger partial charge in [-0.2, -0.15) is 0 Å². The maximum atomic E-state index is 12.8. The van der Waals surface area contributed by atoms with Crippen LogP contribution in [0.25, 0.3) is 10.2 Å². The lowest BCUT2D eigenvalue weighted by atomic mass is 9.98. The molecule has 5 nitrogen and oxygen atoms in total. The predicted molar refractivity (Wildman–Crippen MR) is 95.6 cm³/mol. The molecule has 0 aliphatic heterocycles. The summed E-state index contributed by atoms with van der Waals surface area (Å²) in [4.78, 5) is 31.6. The summed E-state index contributed by atoms with van der Waals surface area (Å²) in [5.41, 5.74) is -0.150. The summed E-state index contributed by atoms with van der Waals surface area (Å²) in [6.07, 6.45) is 8.18. The van der Waals surface area contributed by atoms with Crippen LogP contribution in [-0.2, 0) is 16.0 Å². The molecular weight excluding hydrogens is 324 g/mol. The number of nitrogens with zero attached hydrogens (tertiary/aromatic N) is 2. The van der Waals surface area contributed by atoms with Crippen molar-refractivity contribution in [1.29, 1.82) is 0 Å². The Morgan fingerprint density at radius 3 is 2.79 bits per heavy atom. The van der Waals surface area contributed by atoms with Crippen molar-refractivity contribution in [2.24, 2.45) is 0 Å². The number of carbonyl (C=O) groups excluding carboxylic acids is 1. The molecule has 0 radical (unpaired) electrons. The number of ether oxygens (including phenoxy) is 1. The van der Waals surface area contributed by atoms with E-state index in [1.807, 2.05) is 13.0 Å². The second-order valence-electron chi connectivity index (χ2n) is 6.36. The van der Waals surface area contributed by atoms with Gasteiger partial charge in [-0.15, -0.1) is 11.3 Å². The van der Waals surface area contributed by atoms with Crippen LogP contribution in [0.15, 0.2) is 17.2 Å². The standard InChI is InChI=1S/C18H24N2O3S/c1-3-13-10-14-16(24-13)19-11-20(17(14)21)15(4-2)18(22)23-12-8-6-5-7-9-12/h10-12,15H,3-9H2,1-2H3/t15-/m1/s1. The highest BCUT2D eigenvalue weighted by Gasteiger charge is 2.26. The third-order valence-electron chi connectivity index (χ3n) is 4.71. The van der Waals surface area contributed by atoms with Gasteiger partial charge in [0, 0.05) is 4.88 Å². The van der Waals surface area contributed by atoms with Gasteiger partial charge in [0.1, 0.15) is 17.0 Å². The van der Waals surface area contributed by atoms with Crippen LogP contribution in [0.4, 0.5) is 0 Å². The summed E-state index contributed by atoms with van der Waals surface area (Å²) in [5.74, 6) is -0.307. The largest absolute Gasteiger partial charge is 0.461 e. The van der Waals surface area contributed by atoms with E-state index in [4.69, 9.17) is 4.74 Å². The Bertz CT molecular complexity index is 774. The molecule has 0 unspecified atom stereocenters. The maximum Gasteiger partial charge on any atom is 0.329 e. The maximum absolute atomic E-state index is 12.8. The monoisotopic (exact) mass is 348 g/mol. The van der Waals surface area contributed by atoms with Crippen molar-refractivity contribution in [3.63, 3.8) is 0 Å². The van der Waals surface area contributed by atoms with E-state index in [1.165, 1.54) is 28.7 Å². The number of esters is 1. The third kappa shape index (κ3) is 3.38. The molecule has 3 rings (SSSR count). The minimum atomic E-state index is -0.596. The number of hydrogen-bond donors (Lipinski definition) is 0. The van der Waals surface area contributed by atoms with E-state index in [2.05, 4.69) is 11.9 Å². The highest BCUT2D eigenvalue weighted by Crippen LogP contribution is 2.24. The predicted octanol–water partition coefficient (Wildman–Crippen LogP) is 3.85. The Morgan fingerprint density at radius 1 is 1.38 bits per heavy atom. The zero-order chi connectivity index (χ0) is 17.1. The Kier molecular flexibility index (Phi) is 5.33. The first kappa shape index (κ1) is 17.1. The lowest BCUT2D eigenvalue weighted by Crippen LogP contribution is -2.33. The molecule has 24 heavy (non-hydrogen) atoms. The van der Waals surface area contributed by atoms with Crippen LogP contribution in [0.5, 0.6) is 0 Å². The van der Waals surface area contributed by atoms with E-state index in [9.17, 15) is 9.59 Å². The van der Waals surface area contributed by atoms with Crippen LogP contribution in [0, 0.1) is 0 Å². The van der Waals surface area contributed by atoms with E-state index in [0.717, 1.165) is 41.8 Å². The topological polar surface area (TPSA) is 61.2 Å². The summed E-state index contributed by atoms with van der Waals surface area (Å²) >= 11 is 1.54. The van der Waals surface area contributed by atoms with Crippen molar-refractivity contribution in [2.75, 3.05) is 0 Å². The molecule has 6 heteroatoms. The number of carbonyl (C=O) groups is 1. The fourth-order valence-corrected chi connectivity index (χ4v) is 4.21. The number of rotatable bonds is 5. The number of aryl methyl sites for hydroxylation is 1. The molecule has 0 bridgehead atoms. The zero-order valence-electron chi connectivity index (χ0n) is 14.3. The van der Waals surface area contributed by atoms with Gasteiger partial charge >= 0.3 is 5.97 Å². The number of aromatic nitrogens is 2. The van der Waals surface area contributed by atoms with Gasteiger partial charge in [-0.25, -0.2) is 9.78 Å². The lowest BCUT2D eigenvalue weighted by molar-refractivity contribution is -0.154. The highest BCUT2D eigenvalue weighted by molar-refractivity contribution is 7.18. The van der Waals surface area contributed by atoms with E-state index >= 15 is 0 Å². The first-order chi connectivity index (χ1) is 11.6. The van der Waals surface area contributed by atoms with Gasteiger partial charge in [-0.3, -0.25) is 9.36 Å². The van der Waals surface area contributed by atoms with Gasteiger partial charge in [-0.1, -0.05) is 20.3 Å². The van der Waals surface area contributed by atoms with E-state index in [-0.39, 0.29) is 17.6 Å². The second-order valence-corrected chi connectivity index (χ2v) is 7.48. The fourth-order valence-electron chi connectivity index (χ4n) is 3.29. The third-order valence-corrected chi connectivity index (χ3v) is 5.89. The number of hydrogen-bond acceptors (Lipinski definition) is 5. The quantitative estimate of drug-likeness (QED) is 0.770. The van der Waals surface area contributed by atoms with Crippen molar-refractivity contribution in [1.82, 2.24) is 9.55 Å². The van der Waals surface area contributed by atoms with E-state index in [1.54, 1.807) is 0 Å². The second kappa shape index (κ2) is 7.47. The molecule has 0 amide bonds. The SMILES string of the molecule is CCc1cc2c(=O)n([C@H](CC)C(=O)OC3CCCCC3)cnc2s1. The van der Waals surface area contributed by atoms with Crippen LogP contribution in [0.3, 0.4) is 0 Å². The first-order valence-corrected chi connectivity index (χ1v) is 9.65. The Morgan fingerprint density at radius 2 is 2.12 bits per heavy atom. The average molecular weight is 348 g/mol. The molecule has 0 aromatic carbocycles. The smallest absolute Gasteiger partial charge is 0.329 e. The van der Waals surface area contributed by atoms with Crippen LogP contribution >= 0.6 is 11.3 Å². The minimum Gasteiger partial charge on any atom is -0.461 e. The van der Waals surface area contributed by atoms with Crippen molar-refractivity contribution >= 4 is 27.5 Å². The Hall–Kier alpha value is -1.69. The summed E-state index contributed by atoms with van der Waals surface area (Å²) in [6.45, 7) is 3.95. The summed E-state index contributed by atoms with van der Waals surface area (Å²) < 4.78 is 7.11. The summed E-state index contributed by atoms with van der Waals surface area (Å²) in [6, 6.07) is 1.30. The molecule has 1 aliphatic carbocycles. The number of fused-ring (bicyclic) bond motifs is 1. The molecule has 0 N–H and O–H groups in total. The van der Waals surface area contributed by atoms with Crippen LogP contribution in [-0.4, -0.2) is 21.6 Å². The van der Waals surface area contributed by atoms with Crippen LogP contribution in [0.1, 0.15) is 63.3 Å². The van der Waals surface area contributed by atoms with Gasteiger partial charge in [-0.05, 0) is 44.6 Å². The van der Waals surface area contributed by atoms with Crippen LogP contribution < -0.4 is 5.56 Å². The van der Waals surface area contributed by atoms with Gasteiger partial charge in [0.05, 0.1) is 11.7 Å². The van der Waals surface area contributed by atoms with Crippen LogP contribution in [0.2, 0.25) is 0 Å². The fraction of sp³-hybridized carbons (Fsp3) is 0.611. The normalized spacial score (nSPS) is 17.1. The molecule has 2 aromatic rings. The van der Waals surface area contributed by atoms with Gasteiger partial charge in [0.15, 0.2) is 0 Å². The first-order valence-electron chi connectivity index (χ1n) is 8.84. The van der Waals surface area contributed by atoms with Crippen molar-refractivity contribution in [2.45, 2.75) is 70.9 Å². The highest BCUT2D eigenvalue weighted by atomic mass is 32.1. The van der Waals surface area contributed by atoms with E-state index < -0.39 is 6.04 Å². The average Bonchev–Trinajstić information content (AvgIpc) is 3.03. The number of thiophene rings is 1. The van der Waals surface area contributed by atoms with Gasteiger partial charge in [0.25, 0.3) is 5.56 Å². The molecule has 1 saturated carbocycles. The Balaban J connectivity index is 1.86. The minimum absolute atomic E-state index is 0.000494. The molecule has 0 spiro atoms. The molecule has 130 valence electrons. The molecule has 1 aliphatic rings. The molecule has 1 atom stereocenters. The molecule has 2 aromatic heterocycles. The lowest BCUT2D eigenvalue weighted by Gasteiger charge is -2.24. The molecule has 2 heterocycles.